The maximum atomic E-state index is 13.2. The minimum atomic E-state index is -0.695. The van der Waals surface area contributed by atoms with Crippen molar-refractivity contribution in [3.63, 3.8) is 0 Å². The van der Waals surface area contributed by atoms with Crippen LogP contribution in [0, 0.1) is 10.1 Å². The maximum absolute atomic E-state index is 13.2. The van der Waals surface area contributed by atoms with Gasteiger partial charge in [0.05, 0.1) is 36.0 Å². The summed E-state index contributed by atoms with van der Waals surface area (Å²) >= 11 is 6.05. The Bertz CT molecular complexity index is 1120. The van der Waals surface area contributed by atoms with E-state index in [0.29, 0.717) is 22.0 Å². The van der Waals surface area contributed by atoms with Crippen LogP contribution in [0.4, 0.5) is 11.4 Å². The summed E-state index contributed by atoms with van der Waals surface area (Å²) in [5.74, 6) is -1.09. The first-order valence-electron chi connectivity index (χ1n) is 8.72. The van der Waals surface area contributed by atoms with Crippen molar-refractivity contribution < 1.29 is 24.0 Å². The van der Waals surface area contributed by atoms with Gasteiger partial charge in [-0.25, -0.2) is 4.79 Å². The second kappa shape index (κ2) is 8.38. The van der Waals surface area contributed by atoms with E-state index in [1.165, 1.54) is 37.3 Å². The number of nitrogens with zero attached hydrogens (tertiary/aromatic N) is 2. The third-order valence-corrected chi connectivity index (χ3v) is 4.80. The van der Waals surface area contributed by atoms with Gasteiger partial charge in [-0.2, -0.15) is 0 Å². The molecule has 30 heavy (non-hydrogen) atoms. The lowest BCUT2D eigenvalue weighted by Gasteiger charge is -2.18. The number of amides is 1. The Labute approximate surface area is 177 Å². The van der Waals surface area contributed by atoms with Gasteiger partial charge >= 0.3 is 11.7 Å². The lowest BCUT2D eigenvalue weighted by molar-refractivity contribution is -0.385. The average molecular weight is 429 g/mol. The summed E-state index contributed by atoms with van der Waals surface area (Å²) in [4.78, 5) is 37.7. The quantitative estimate of drug-likeness (QED) is 0.307. The molecule has 1 aliphatic rings. The van der Waals surface area contributed by atoms with Crippen LogP contribution in [0.2, 0.25) is 5.02 Å². The molecule has 0 unspecified atom stereocenters. The third kappa shape index (κ3) is 3.77. The molecule has 0 aromatic heterocycles. The Morgan fingerprint density at radius 2 is 1.93 bits per heavy atom. The number of carbonyl (C=O) groups is 2. The number of hydrogen-bond donors (Lipinski definition) is 0. The molecule has 1 heterocycles. The van der Waals surface area contributed by atoms with Crippen molar-refractivity contribution in [3.05, 3.63) is 80.0 Å². The van der Waals surface area contributed by atoms with E-state index in [1.807, 2.05) is 0 Å². The molecule has 1 aliphatic heterocycles. The van der Waals surface area contributed by atoms with E-state index in [1.54, 1.807) is 37.3 Å². The summed E-state index contributed by atoms with van der Waals surface area (Å²) in [6, 6.07) is 10.9. The number of carbonyl (C=O) groups excluding carboxylic acids is 2. The maximum Gasteiger partial charge on any atom is 0.340 e. The fraction of sp³-hybridized carbons (Fsp3) is 0.143. The van der Waals surface area contributed by atoms with Crippen LogP contribution in [-0.4, -0.2) is 31.0 Å². The lowest BCUT2D eigenvalue weighted by Crippen LogP contribution is -2.24. The van der Waals surface area contributed by atoms with E-state index >= 15 is 0 Å². The predicted molar refractivity (Wildman–Crippen MR) is 111 cm³/mol. The molecule has 0 aliphatic carbocycles. The fourth-order valence-corrected chi connectivity index (χ4v) is 3.40. The highest BCUT2D eigenvalue weighted by Gasteiger charge is 2.38. The van der Waals surface area contributed by atoms with Crippen LogP contribution in [0.5, 0.6) is 5.75 Å². The molecular weight excluding hydrogens is 412 g/mol. The number of rotatable bonds is 5. The first-order chi connectivity index (χ1) is 14.3. The van der Waals surface area contributed by atoms with Gasteiger partial charge in [-0.15, -0.1) is 0 Å². The average Bonchev–Trinajstić information content (AvgIpc) is 2.96. The highest BCUT2D eigenvalue weighted by atomic mass is 35.5. The van der Waals surface area contributed by atoms with E-state index < -0.39 is 16.8 Å². The molecule has 9 heteroatoms. The van der Waals surface area contributed by atoms with Crippen molar-refractivity contribution in [2.24, 2.45) is 0 Å². The van der Waals surface area contributed by atoms with Crippen molar-refractivity contribution in [1.82, 2.24) is 0 Å². The van der Waals surface area contributed by atoms with E-state index in [2.05, 4.69) is 0 Å². The number of ether oxygens (including phenoxy) is 2. The number of esters is 1. The molecular formula is C21H17ClN2O6. The zero-order valence-electron chi connectivity index (χ0n) is 16.3. The van der Waals surface area contributed by atoms with Gasteiger partial charge in [0, 0.05) is 16.8 Å². The highest BCUT2D eigenvalue weighted by molar-refractivity contribution is 6.31. The second-order valence-electron chi connectivity index (χ2n) is 6.32. The number of hydrogen-bond acceptors (Lipinski definition) is 6. The third-order valence-electron chi connectivity index (χ3n) is 4.57. The van der Waals surface area contributed by atoms with E-state index in [-0.39, 0.29) is 22.6 Å². The van der Waals surface area contributed by atoms with Crippen molar-refractivity contribution in [3.8, 4) is 5.75 Å². The second-order valence-corrected chi connectivity index (χ2v) is 6.76. The molecule has 0 saturated heterocycles. The van der Waals surface area contributed by atoms with Gasteiger partial charge in [0.25, 0.3) is 5.91 Å². The predicted octanol–water partition coefficient (Wildman–Crippen LogP) is 4.13. The van der Waals surface area contributed by atoms with Crippen LogP contribution < -0.4 is 9.64 Å². The number of halogens is 1. The molecule has 0 atom stereocenters. The number of nitro groups is 1. The van der Waals surface area contributed by atoms with Gasteiger partial charge < -0.3 is 9.47 Å². The Balaban J connectivity index is 2.16. The van der Waals surface area contributed by atoms with Gasteiger partial charge in [-0.3, -0.25) is 19.8 Å². The molecule has 3 rings (SSSR count). The van der Waals surface area contributed by atoms with Gasteiger partial charge in [0.1, 0.15) is 0 Å². The molecule has 2 aromatic rings. The number of allylic oxidation sites excluding steroid dienone is 1. The summed E-state index contributed by atoms with van der Waals surface area (Å²) in [6.07, 6.45) is 1.41. The number of methoxy groups -OCH3 is 2. The molecule has 0 N–H and O–H groups in total. The Morgan fingerprint density at radius 3 is 2.53 bits per heavy atom. The molecule has 1 amide bonds. The monoisotopic (exact) mass is 428 g/mol. The van der Waals surface area contributed by atoms with E-state index in [0.717, 1.165) is 0 Å². The molecule has 2 aromatic carbocycles. The van der Waals surface area contributed by atoms with Gasteiger partial charge in [0.2, 0.25) is 0 Å². The number of nitro benzene ring substituents is 1. The molecule has 0 fully saturated rings. The van der Waals surface area contributed by atoms with E-state index in [9.17, 15) is 19.7 Å². The van der Waals surface area contributed by atoms with Crippen molar-refractivity contribution in [2.75, 3.05) is 19.1 Å². The van der Waals surface area contributed by atoms with E-state index in [4.69, 9.17) is 21.1 Å². The molecule has 0 saturated carbocycles. The Kier molecular flexibility index (Phi) is 5.89. The van der Waals surface area contributed by atoms with Crippen LogP contribution in [0.1, 0.15) is 12.5 Å². The first-order valence-corrected chi connectivity index (χ1v) is 9.10. The summed E-state index contributed by atoms with van der Waals surface area (Å²) in [7, 11) is 2.54. The Hall–Kier alpha value is -3.65. The smallest absolute Gasteiger partial charge is 0.340 e. The van der Waals surface area contributed by atoms with Gasteiger partial charge in [-0.05, 0) is 42.8 Å². The van der Waals surface area contributed by atoms with Gasteiger partial charge in [0.15, 0.2) is 5.75 Å². The van der Waals surface area contributed by atoms with Crippen LogP contribution in [-0.2, 0) is 14.3 Å². The van der Waals surface area contributed by atoms with Crippen molar-refractivity contribution in [2.45, 2.75) is 6.92 Å². The zero-order valence-corrected chi connectivity index (χ0v) is 17.1. The molecule has 154 valence electrons. The molecule has 0 spiro atoms. The standard InChI is InChI=1S/C21H17ClN2O6/c1-12-19(21(26)30-3)16(20(25)23(12)15-6-4-5-14(22)11-15)9-13-7-8-18(29-2)17(10-13)24(27)28/h4-11H,1-3H3/b16-9-. The van der Waals surface area contributed by atoms with Gasteiger partial charge in [-0.1, -0.05) is 23.7 Å². The topological polar surface area (TPSA) is 99.0 Å². The number of anilines is 1. The first kappa shape index (κ1) is 21.1. The van der Waals surface area contributed by atoms with Crippen molar-refractivity contribution >= 4 is 40.9 Å². The van der Waals surface area contributed by atoms with Crippen LogP contribution >= 0.6 is 11.6 Å². The highest BCUT2D eigenvalue weighted by Crippen LogP contribution is 2.37. The SMILES string of the molecule is COC(=O)C1=C(C)N(c2cccc(Cl)c2)C(=O)/C1=C\c1ccc(OC)c([N+](=O)[O-])c1. The lowest BCUT2D eigenvalue weighted by atomic mass is 10.0. The summed E-state index contributed by atoms with van der Waals surface area (Å²) < 4.78 is 9.86. The Morgan fingerprint density at radius 1 is 1.20 bits per heavy atom. The minimum Gasteiger partial charge on any atom is -0.490 e. The zero-order chi connectivity index (χ0) is 22.0. The minimum absolute atomic E-state index is 0.0544. The molecule has 0 radical (unpaired) electrons. The van der Waals surface area contributed by atoms with Crippen LogP contribution in [0.25, 0.3) is 6.08 Å². The van der Waals surface area contributed by atoms with Crippen molar-refractivity contribution in [1.29, 1.82) is 0 Å². The normalized spacial score (nSPS) is 15.0. The molecule has 0 bridgehead atoms. The largest absolute Gasteiger partial charge is 0.490 e. The van der Waals surface area contributed by atoms with Crippen LogP contribution in [0.15, 0.2) is 59.3 Å². The fourth-order valence-electron chi connectivity index (χ4n) is 3.21. The molecule has 8 nitrogen and oxygen atoms in total. The summed E-state index contributed by atoms with van der Waals surface area (Å²) in [5, 5.41) is 11.7. The summed E-state index contributed by atoms with van der Waals surface area (Å²) in [6.45, 7) is 1.61. The van der Waals surface area contributed by atoms with Crippen LogP contribution in [0.3, 0.4) is 0 Å². The summed E-state index contributed by atoms with van der Waals surface area (Å²) in [5.41, 5.74) is 1.07. The number of benzene rings is 2.